The maximum absolute atomic E-state index is 11.9. The molecule has 4 heteroatoms. The smallest absolute Gasteiger partial charge is 0.189 e. The van der Waals surface area contributed by atoms with Crippen molar-refractivity contribution >= 4 is 27.8 Å². The lowest BCUT2D eigenvalue weighted by atomic mass is 10.1. The Hall–Kier alpha value is -1.81. The Morgan fingerprint density at radius 3 is 2.78 bits per heavy atom. The zero-order chi connectivity index (χ0) is 13.1. The summed E-state index contributed by atoms with van der Waals surface area (Å²) in [5.41, 5.74) is 1.21. The van der Waals surface area contributed by atoms with Crippen LogP contribution >= 0.6 is 15.9 Å². The number of benzene rings is 1. The lowest BCUT2D eigenvalue weighted by Gasteiger charge is -2.01. The van der Waals surface area contributed by atoms with E-state index in [1.165, 1.54) is 12.1 Å². The molecule has 0 atom stereocenters. The van der Waals surface area contributed by atoms with Crippen molar-refractivity contribution in [1.82, 2.24) is 0 Å². The van der Waals surface area contributed by atoms with Crippen LogP contribution in [0.2, 0.25) is 0 Å². The van der Waals surface area contributed by atoms with Gasteiger partial charge in [-0.3, -0.25) is 4.79 Å². The molecule has 3 nitrogen and oxygen atoms in total. The second kappa shape index (κ2) is 5.23. The fourth-order valence-electron chi connectivity index (χ4n) is 1.51. The Labute approximate surface area is 113 Å². The lowest BCUT2D eigenvalue weighted by Crippen LogP contribution is -1.95. The van der Waals surface area contributed by atoms with Crippen molar-refractivity contribution in [2.24, 2.45) is 0 Å². The van der Waals surface area contributed by atoms with Gasteiger partial charge in [-0.2, -0.15) is 0 Å². The number of hydrogen-bond donors (Lipinski definition) is 1. The molecule has 0 aliphatic carbocycles. The van der Waals surface area contributed by atoms with E-state index in [9.17, 15) is 9.90 Å². The number of halogens is 1. The van der Waals surface area contributed by atoms with E-state index in [4.69, 9.17) is 4.42 Å². The van der Waals surface area contributed by atoms with Crippen molar-refractivity contribution in [3.63, 3.8) is 0 Å². The van der Waals surface area contributed by atoms with Gasteiger partial charge in [-0.1, -0.05) is 11.6 Å². The number of hydrogen-bond acceptors (Lipinski definition) is 3. The topological polar surface area (TPSA) is 50.4 Å². The maximum atomic E-state index is 11.9. The molecule has 2 rings (SSSR count). The second-order valence-electron chi connectivity index (χ2n) is 3.86. The van der Waals surface area contributed by atoms with E-state index >= 15 is 0 Å². The fourth-order valence-corrected chi connectivity index (χ4v) is 1.83. The molecule has 0 fully saturated rings. The highest BCUT2D eigenvalue weighted by molar-refractivity contribution is 9.10. The number of phenols is 1. The molecule has 92 valence electrons. The van der Waals surface area contributed by atoms with Crippen LogP contribution in [-0.4, -0.2) is 10.9 Å². The van der Waals surface area contributed by atoms with Gasteiger partial charge in [0.25, 0.3) is 0 Å². The van der Waals surface area contributed by atoms with Crippen molar-refractivity contribution in [1.29, 1.82) is 0 Å². The van der Waals surface area contributed by atoms with Crippen molar-refractivity contribution in [3.05, 3.63) is 58.0 Å². The van der Waals surface area contributed by atoms with Crippen LogP contribution in [0.5, 0.6) is 5.75 Å². The van der Waals surface area contributed by atoms with Gasteiger partial charge in [0.15, 0.2) is 10.5 Å². The Morgan fingerprint density at radius 1 is 1.33 bits per heavy atom. The van der Waals surface area contributed by atoms with Crippen LogP contribution in [-0.2, 0) is 0 Å². The molecule has 18 heavy (non-hydrogen) atoms. The summed E-state index contributed by atoms with van der Waals surface area (Å²) in [5, 5.41) is 9.62. The van der Waals surface area contributed by atoms with Gasteiger partial charge < -0.3 is 9.52 Å². The van der Waals surface area contributed by atoms with E-state index in [2.05, 4.69) is 15.9 Å². The van der Waals surface area contributed by atoms with Gasteiger partial charge in [-0.25, -0.2) is 0 Å². The van der Waals surface area contributed by atoms with Gasteiger partial charge in [0.1, 0.15) is 11.5 Å². The first-order valence-corrected chi connectivity index (χ1v) is 6.13. The van der Waals surface area contributed by atoms with Gasteiger partial charge in [0, 0.05) is 0 Å². The van der Waals surface area contributed by atoms with Crippen LogP contribution in [0.1, 0.15) is 21.7 Å². The van der Waals surface area contributed by atoms with E-state index in [1.807, 2.05) is 6.92 Å². The SMILES string of the molecule is Cc1ccc(O)c(C(=O)/C=C/c2ccc(Br)o2)c1. The maximum Gasteiger partial charge on any atom is 0.189 e. The average molecular weight is 307 g/mol. The first-order valence-electron chi connectivity index (χ1n) is 5.33. The molecule has 0 spiro atoms. The van der Waals surface area contributed by atoms with E-state index in [1.54, 1.807) is 30.3 Å². The number of carbonyl (C=O) groups excluding carboxylic acids is 1. The predicted octanol–water partition coefficient (Wildman–Crippen LogP) is 3.95. The van der Waals surface area contributed by atoms with Crippen LogP contribution in [0.4, 0.5) is 0 Å². The molecular formula is C14H11BrO3. The molecule has 1 heterocycles. The highest BCUT2D eigenvalue weighted by Gasteiger charge is 2.08. The van der Waals surface area contributed by atoms with Gasteiger partial charge in [0.2, 0.25) is 0 Å². The number of aromatic hydroxyl groups is 1. The first kappa shape index (κ1) is 12.6. The fraction of sp³-hybridized carbons (Fsp3) is 0.0714. The summed E-state index contributed by atoms with van der Waals surface area (Å²) in [6.45, 7) is 1.86. The normalized spacial score (nSPS) is 11.0. The van der Waals surface area contributed by atoms with Crippen LogP contribution in [0.25, 0.3) is 6.08 Å². The van der Waals surface area contributed by atoms with Crippen molar-refractivity contribution in [3.8, 4) is 5.75 Å². The third-order valence-corrected chi connectivity index (χ3v) is 2.84. The Kier molecular flexibility index (Phi) is 3.67. The number of phenolic OH excluding ortho intramolecular Hbond substituents is 1. The van der Waals surface area contributed by atoms with Crippen LogP contribution in [0.15, 0.2) is 45.5 Å². The minimum absolute atomic E-state index is 0.0177. The largest absolute Gasteiger partial charge is 0.507 e. The number of aryl methyl sites for hydroxylation is 1. The number of allylic oxidation sites excluding steroid dienone is 1. The average Bonchev–Trinajstić information content (AvgIpc) is 2.75. The van der Waals surface area contributed by atoms with E-state index in [-0.39, 0.29) is 17.1 Å². The standard InChI is InChI=1S/C14H11BrO3/c1-9-2-5-12(16)11(8-9)13(17)6-3-10-4-7-14(15)18-10/h2-8,16H,1H3/b6-3+. The third kappa shape index (κ3) is 2.90. The molecule has 0 aliphatic rings. The lowest BCUT2D eigenvalue weighted by molar-refractivity contribution is 0.104. The zero-order valence-electron chi connectivity index (χ0n) is 9.68. The summed E-state index contributed by atoms with van der Waals surface area (Å²) in [6.07, 6.45) is 2.94. The molecule has 0 radical (unpaired) electrons. The number of ketones is 1. The summed E-state index contributed by atoms with van der Waals surface area (Å²) in [5.74, 6) is 0.293. The van der Waals surface area contributed by atoms with Gasteiger partial charge in [0.05, 0.1) is 5.56 Å². The minimum Gasteiger partial charge on any atom is -0.507 e. The second-order valence-corrected chi connectivity index (χ2v) is 4.64. The third-order valence-electron chi connectivity index (χ3n) is 2.41. The van der Waals surface area contributed by atoms with E-state index in [0.717, 1.165) is 5.56 Å². The highest BCUT2D eigenvalue weighted by atomic mass is 79.9. The molecule has 0 bridgehead atoms. The molecule has 0 aliphatic heterocycles. The Morgan fingerprint density at radius 2 is 2.11 bits per heavy atom. The summed E-state index contributed by atoms with van der Waals surface area (Å²) in [6, 6.07) is 8.40. The molecule has 0 amide bonds. The summed E-state index contributed by atoms with van der Waals surface area (Å²) < 4.78 is 5.84. The predicted molar refractivity (Wildman–Crippen MR) is 72.6 cm³/mol. The number of carbonyl (C=O) groups is 1. The number of furan rings is 1. The molecule has 1 aromatic carbocycles. The highest BCUT2D eigenvalue weighted by Crippen LogP contribution is 2.20. The van der Waals surface area contributed by atoms with Gasteiger partial charge >= 0.3 is 0 Å². The monoisotopic (exact) mass is 306 g/mol. The van der Waals surface area contributed by atoms with Crippen molar-refractivity contribution in [2.45, 2.75) is 6.92 Å². The molecule has 1 N–H and O–H groups in total. The summed E-state index contributed by atoms with van der Waals surface area (Å²) >= 11 is 3.18. The molecule has 0 unspecified atom stereocenters. The molecule has 0 saturated carbocycles. The quantitative estimate of drug-likeness (QED) is 0.690. The van der Waals surface area contributed by atoms with Crippen LogP contribution in [0, 0.1) is 6.92 Å². The zero-order valence-corrected chi connectivity index (χ0v) is 11.3. The van der Waals surface area contributed by atoms with Gasteiger partial charge in [-0.15, -0.1) is 0 Å². The van der Waals surface area contributed by atoms with E-state index in [0.29, 0.717) is 10.4 Å². The first-order chi connectivity index (χ1) is 8.56. The van der Waals surface area contributed by atoms with E-state index < -0.39 is 0 Å². The molecular weight excluding hydrogens is 296 g/mol. The van der Waals surface area contributed by atoms with Crippen LogP contribution in [0.3, 0.4) is 0 Å². The summed E-state index contributed by atoms with van der Waals surface area (Å²) in [4.78, 5) is 11.9. The molecule has 2 aromatic rings. The minimum atomic E-state index is -0.260. The number of rotatable bonds is 3. The van der Waals surface area contributed by atoms with Crippen LogP contribution < -0.4 is 0 Å². The van der Waals surface area contributed by atoms with Crippen molar-refractivity contribution in [2.75, 3.05) is 0 Å². The molecule has 1 aromatic heterocycles. The Bertz CT molecular complexity index is 611. The molecule has 0 saturated heterocycles. The van der Waals surface area contributed by atoms with Crippen molar-refractivity contribution < 1.29 is 14.3 Å². The summed E-state index contributed by atoms with van der Waals surface area (Å²) in [7, 11) is 0. The Balaban J connectivity index is 2.22. The van der Waals surface area contributed by atoms with Gasteiger partial charge in [-0.05, 0) is 59.3 Å².